The summed E-state index contributed by atoms with van der Waals surface area (Å²) in [7, 11) is 0. The summed E-state index contributed by atoms with van der Waals surface area (Å²) in [5, 5.41) is 0. The fourth-order valence-corrected chi connectivity index (χ4v) is 3.07. The number of rotatable bonds is 8. The predicted octanol–water partition coefficient (Wildman–Crippen LogP) is 2.83. The van der Waals surface area contributed by atoms with Crippen LogP contribution in [0.25, 0.3) is 0 Å². The zero-order valence-electron chi connectivity index (χ0n) is 12.7. The minimum Gasteiger partial charge on any atom is -0.492 e. The van der Waals surface area contributed by atoms with Gasteiger partial charge >= 0.3 is 0 Å². The fraction of sp³-hybridized carbons (Fsp3) is 0.647. The average Bonchev–Trinajstić information content (AvgIpc) is 3.00. The lowest BCUT2D eigenvalue weighted by Gasteiger charge is -2.27. The van der Waals surface area contributed by atoms with Crippen LogP contribution in [0, 0.1) is 0 Å². The van der Waals surface area contributed by atoms with Gasteiger partial charge in [-0.05, 0) is 50.0 Å². The van der Waals surface area contributed by atoms with Crippen LogP contribution in [0.5, 0.6) is 5.75 Å². The van der Waals surface area contributed by atoms with Gasteiger partial charge in [0.1, 0.15) is 12.4 Å². The maximum absolute atomic E-state index is 5.86. The van der Waals surface area contributed by atoms with E-state index >= 15 is 0 Å². The normalized spacial score (nSPS) is 15.9. The molecular formula is C17H28N2O. The van der Waals surface area contributed by atoms with Crippen molar-refractivity contribution in [3.05, 3.63) is 29.8 Å². The Morgan fingerprint density at radius 3 is 2.50 bits per heavy atom. The molecule has 0 radical (unpaired) electrons. The van der Waals surface area contributed by atoms with Crippen LogP contribution in [0.4, 0.5) is 0 Å². The molecule has 0 spiro atoms. The third-order valence-electron chi connectivity index (χ3n) is 4.25. The van der Waals surface area contributed by atoms with Gasteiger partial charge in [-0.15, -0.1) is 0 Å². The molecule has 3 heteroatoms. The number of nitrogens with zero attached hydrogens (tertiary/aromatic N) is 1. The van der Waals surface area contributed by atoms with Crippen LogP contribution in [-0.2, 0) is 6.42 Å². The van der Waals surface area contributed by atoms with Gasteiger partial charge in [-0.25, -0.2) is 0 Å². The Labute approximate surface area is 123 Å². The van der Waals surface area contributed by atoms with Gasteiger partial charge < -0.3 is 10.5 Å². The van der Waals surface area contributed by atoms with Gasteiger partial charge in [0.05, 0.1) is 0 Å². The van der Waals surface area contributed by atoms with Gasteiger partial charge in [0, 0.05) is 12.6 Å². The molecule has 3 nitrogen and oxygen atoms in total. The van der Waals surface area contributed by atoms with E-state index in [1.807, 2.05) is 0 Å². The van der Waals surface area contributed by atoms with Crippen molar-refractivity contribution >= 4 is 0 Å². The number of likely N-dealkylation sites (N-methyl/N-ethyl adjacent to an activating group) is 1. The van der Waals surface area contributed by atoms with Gasteiger partial charge in [0.2, 0.25) is 0 Å². The van der Waals surface area contributed by atoms with Crippen LogP contribution in [0.2, 0.25) is 0 Å². The van der Waals surface area contributed by atoms with Crippen molar-refractivity contribution < 1.29 is 4.74 Å². The van der Waals surface area contributed by atoms with E-state index in [0.717, 1.165) is 37.9 Å². The van der Waals surface area contributed by atoms with E-state index in [2.05, 4.69) is 36.1 Å². The molecule has 0 bridgehead atoms. The number of hydrogen-bond acceptors (Lipinski definition) is 3. The molecule has 20 heavy (non-hydrogen) atoms. The van der Waals surface area contributed by atoms with Crippen LogP contribution < -0.4 is 10.5 Å². The lowest BCUT2D eigenvalue weighted by atomic mass is 10.1. The first kappa shape index (κ1) is 15.3. The summed E-state index contributed by atoms with van der Waals surface area (Å²) in [6.45, 7) is 5.89. The Bertz CT molecular complexity index is 371. The minimum absolute atomic E-state index is 0.701. The molecule has 0 aromatic heterocycles. The van der Waals surface area contributed by atoms with Gasteiger partial charge in [-0.3, -0.25) is 4.90 Å². The first-order valence-corrected chi connectivity index (χ1v) is 7.99. The number of ether oxygens (including phenoxy) is 1. The Morgan fingerprint density at radius 1 is 1.20 bits per heavy atom. The molecule has 1 aromatic carbocycles. The third-order valence-corrected chi connectivity index (χ3v) is 4.25. The first-order chi connectivity index (χ1) is 9.83. The standard InChI is InChI=1S/C17H28N2O/c1-2-19(16-5-3-4-6-16)13-14-20-17-9-7-15(8-10-17)11-12-18/h7-10,16H,2-6,11-14,18H2,1H3. The maximum Gasteiger partial charge on any atom is 0.119 e. The van der Waals surface area contributed by atoms with Crippen LogP contribution >= 0.6 is 0 Å². The van der Waals surface area contributed by atoms with Crippen LogP contribution in [0.1, 0.15) is 38.2 Å². The second-order valence-corrected chi connectivity index (χ2v) is 5.60. The largest absolute Gasteiger partial charge is 0.492 e. The van der Waals surface area contributed by atoms with Crippen molar-refractivity contribution in [3.8, 4) is 5.75 Å². The van der Waals surface area contributed by atoms with Crippen molar-refractivity contribution in [2.45, 2.75) is 45.1 Å². The van der Waals surface area contributed by atoms with E-state index in [-0.39, 0.29) is 0 Å². The molecule has 0 unspecified atom stereocenters. The molecule has 0 aliphatic heterocycles. The molecule has 2 rings (SSSR count). The summed E-state index contributed by atoms with van der Waals surface area (Å²) in [6.07, 6.45) is 6.45. The highest BCUT2D eigenvalue weighted by molar-refractivity contribution is 5.27. The number of hydrogen-bond donors (Lipinski definition) is 1. The average molecular weight is 276 g/mol. The Hall–Kier alpha value is -1.06. The van der Waals surface area contributed by atoms with Crippen molar-refractivity contribution in [3.63, 3.8) is 0 Å². The highest BCUT2D eigenvalue weighted by Gasteiger charge is 2.20. The molecule has 2 N–H and O–H groups in total. The van der Waals surface area contributed by atoms with Crippen molar-refractivity contribution in [1.29, 1.82) is 0 Å². The Kier molecular flexibility index (Phi) is 6.34. The Balaban J connectivity index is 1.73. The summed E-state index contributed by atoms with van der Waals surface area (Å²) in [6, 6.07) is 9.11. The lowest BCUT2D eigenvalue weighted by molar-refractivity contribution is 0.168. The second-order valence-electron chi connectivity index (χ2n) is 5.60. The van der Waals surface area contributed by atoms with Gasteiger partial charge in [0.15, 0.2) is 0 Å². The zero-order valence-corrected chi connectivity index (χ0v) is 12.7. The summed E-state index contributed by atoms with van der Waals surface area (Å²) in [5.74, 6) is 0.966. The molecule has 1 aliphatic rings. The van der Waals surface area contributed by atoms with Crippen LogP contribution in [0.15, 0.2) is 24.3 Å². The highest BCUT2D eigenvalue weighted by atomic mass is 16.5. The monoisotopic (exact) mass is 276 g/mol. The molecule has 0 atom stereocenters. The number of benzene rings is 1. The maximum atomic E-state index is 5.86. The van der Waals surface area contributed by atoms with Crippen LogP contribution in [0.3, 0.4) is 0 Å². The highest BCUT2D eigenvalue weighted by Crippen LogP contribution is 2.23. The third kappa shape index (κ3) is 4.50. The molecule has 1 aliphatic carbocycles. The molecule has 1 fully saturated rings. The zero-order chi connectivity index (χ0) is 14.2. The van der Waals surface area contributed by atoms with Crippen molar-refractivity contribution in [1.82, 2.24) is 4.90 Å². The van der Waals surface area contributed by atoms with E-state index in [9.17, 15) is 0 Å². The van der Waals surface area contributed by atoms with E-state index in [4.69, 9.17) is 10.5 Å². The molecular weight excluding hydrogens is 248 g/mol. The van der Waals surface area contributed by atoms with E-state index in [0.29, 0.717) is 6.54 Å². The van der Waals surface area contributed by atoms with Crippen LogP contribution in [-0.4, -0.2) is 37.2 Å². The first-order valence-electron chi connectivity index (χ1n) is 7.99. The van der Waals surface area contributed by atoms with E-state index < -0.39 is 0 Å². The quantitative estimate of drug-likeness (QED) is 0.793. The van der Waals surface area contributed by atoms with Crippen molar-refractivity contribution in [2.24, 2.45) is 5.73 Å². The lowest BCUT2D eigenvalue weighted by Crippen LogP contribution is -2.36. The fourth-order valence-electron chi connectivity index (χ4n) is 3.07. The predicted molar refractivity (Wildman–Crippen MR) is 84.2 cm³/mol. The molecule has 0 saturated heterocycles. The van der Waals surface area contributed by atoms with Gasteiger partial charge in [-0.1, -0.05) is 31.9 Å². The second kappa shape index (κ2) is 8.28. The molecule has 1 aromatic rings. The Morgan fingerprint density at radius 2 is 1.90 bits per heavy atom. The SMILES string of the molecule is CCN(CCOc1ccc(CCN)cc1)C1CCCC1. The summed E-state index contributed by atoms with van der Waals surface area (Å²) in [5.41, 5.74) is 6.83. The summed E-state index contributed by atoms with van der Waals surface area (Å²) < 4.78 is 5.86. The molecule has 0 heterocycles. The summed E-state index contributed by atoms with van der Waals surface area (Å²) in [4.78, 5) is 2.57. The van der Waals surface area contributed by atoms with Gasteiger partial charge in [-0.2, -0.15) is 0 Å². The molecule has 1 saturated carbocycles. The van der Waals surface area contributed by atoms with Gasteiger partial charge in [0.25, 0.3) is 0 Å². The minimum atomic E-state index is 0.701. The molecule has 0 amide bonds. The smallest absolute Gasteiger partial charge is 0.119 e. The van der Waals surface area contributed by atoms with Crippen molar-refractivity contribution in [2.75, 3.05) is 26.2 Å². The summed E-state index contributed by atoms with van der Waals surface area (Å²) >= 11 is 0. The topological polar surface area (TPSA) is 38.5 Å². The van der Waals surface area contributed by atoms with E-state index in [1.165, 1.54) is 31.2 Å². The van der Waals surface area contributed by atoms with E-state index in [1.54, 1.807) is 0 Å². The molecule has 112 valence electrons. The number of nitrogens with two attached hydrogens (primary N) is 1.